The summed E-state index contributed by atoms with van der Waals surface area (Å²) in [5, 5.41) is 8.61. The van der Waals surface area contributed by atoms with Crippen LogP contribution in [0.4, 0.5) is 0 Å². The van der Waals surface area contributed by atoms with E-state index in [0.717, 1.165) is 12.3 Å². The van der Waals surface area contributed by atoms with Crippen molar-refractivity contribution in [2.24, 2.45) is 17.3 Å². The fourth-order valence-electron chi connectivity index (χ4n) is 2.41. The van der Waals surface area contributed by atoms with Crippen LogP contribution >= 0.6 is 0 Å². The van der Waals surface area contributed by atoms with Crippen molar-refractivity contribution in [1.82, 2.24) is 0 Å². The Kier molecular flexibility index (Phi) is 2.99. The number of carbonyl (C=O) groups is 1. The van der Waals surface area contributed by atoms with E-state index in [0.29, 0.717) is 17.8 Å². The summed E-state index contributed by atoms with van der Waals surface area (Å²) in [6, 6.07) is 0. The normalized spacial score (nSPS) is 31.9. The summed E-state index contributed by atoms with van der Waals surface area (Å²) in [7, 11) is 0. The first-order valence-electron chi connectivity index (χ1n) is 5.16. The van der Waals surface area contributed by atoms with Crippen LogP contribution < -0.4 is 0 Å². The van der Waals surface area contributed by atoms with E-state index in [-0.39, 0.29) is 0 Å². The fourth-order valence-corrected chi connectivity index (χ4v) is 2.41. The van der Waals surface area contributed by atoms with Crippen LogP contribution in [0.25, 0.3) is 0 Å². The zero-order valence-corrected chi connectivity index (χ0v) is 8.84. The Balaban J connectivity index is 2.47. The van der Waals surface area contributed by atoms with Gasteiger partial charge in [-0.25, -0.2) is 0 Å². The van der Waals surface area contributed by atoms with Crippen LogP contribution in [0.15, 0.2) is 0 Å². The molecule has 76 valence electrons. The molecule has 2 unspecified atom stereocenters. The van der Waals surface area contributed by atoms with Crippen LogP contribution in [0.3, 0.4) is 0 Å². The van der Waals surface area contributed by atoms with Gasteiger partial charge in [-0.2, -0.15) is 0 Å². The molecule has 2 nitrogen and oxygen atoms in total. The van der Waals surface area contributed by atoms with Gasteiger partial charge in [-0.3, -0.25) is 4.79 Å². The predicted octanol–water partition coefficient (Wildman–Crippen LogP) is 2.92. The molecule has 0 aromatic carbocycles. The molecule has 13 heavy (non-hydrogen) atoms. The maximum absolute atomic E-state index is 10.4. The third-order valence-corrected chi connectivity index (χ3v) is 3.98. The minimum absolute atomic E-state index is 0.334. The fraction of sp³-hybridized carbons (Fsp3) is 0.909. The van der Waals surface area contributed by atoms with Gasteiger partial charge in [0.15, 0.2) is 0 Å². The zero-order valence-electron chi connectivity index (χ0n) is 8.84. The first-order valence-corrected chi connectivity index (χ1v) is 5.16. The van der Waals surface area contributed by atoms with E-state index in [4.69, 9.17) is 5.11 Å². The molecule has 1 fully saturated rings. The van der Waals surface area contributed by atoms with Crippen molar-refractivity contribution in [3.63, 3.8) is 0 Å². The van der Waals surface area contributed by atoms with E-state index in [2.05, 4.69) is 20.8 Å². The van der Waals surface area contributed by atoms with Gasteiger partial charge in [-0.05, 0) is 36.5 Å². The van der Waals surface area contributed by atoms with Crippen LogP contribution in [0.2, 0.25) is 0 Å². The summed E-state index contributed by atoms with van der Waals surface area (Å²) in [6.45, 7) is 6.83. The lowest BCUT2D eigenvalue weighted by molar-refractivity contribution is -0.137. The minimum Gasteiger partial charge on any atom is -0.481 e. The third-order valence-electron chi connectivity index (χ3n) is 3.98. The SMILES string of the molecule is CC1CCC(CCC(=O)O)C1(C)C. The molecule has 1 rings (SSSR count). The molecule has 0 bridgehead atoms. The molecular weight excluding hydrogens is 164 g/mol. The van der Waals surface area contributed by atoms with Gasteiger partial charge < -0.3 is 5.11 Å². The summed E-state index contributed by atoms with van der Waals surface area (Å²) in [5.74, 6) is 0.695. The molecule has 0 amide bonds. The predicted molar refractivity (Wildman–Crippen MR) is 52.5 cm³/mol. The molecule has 2 heteroatoms. The molecule has 2 atom stereocenters. The second kappa shape index (κ2) is 3.69. The Morgan fingerprint density at radius 1 is 1.46 bits per heavy atom. The zero-order chi connectivity index (χ0) is 10.1. The molecule has 0 radical (unpaired) electrons. The number of hydrogen-bond donors (Lipinski definition) is 1. The van der Waals surface area contributed by atoms with Crippen LogP contribution in [0.1, 0.15) is 46.5 Å². The van der Waals surface area contributed by atoms with Crippen LogP contribution in [0.5, 0.6) is 0 Å². The quantitative estimate of drug-likeness (QED) is 0.732. The van der Waals surface area contributed by atoms with Crippen molar-refractivity contribution in [2.75, 3.05) is 0 Å². The van der Waals surface area contributed by atoms with E-state index in [1.165, 1.54) is 12.8 Å². The number of rotatable bonds is 3. The highest BCUT2D eigenvalue weighted by Gasteiger charge is 2.39. The van der Waals surface area contributed by atoms with Gasteiger partial charge in [0.1, 0.15) is 0 Å². The van der Waals surface area contributed by atoms with Gasteiger partial charge >= 0.3 is 5.97 Å². The Morgan fingerprint density at radius 2 is 2.08 bits per heavy atom. The van der Waals surface area contributed by atoms with E-state index in [1.807, 2.05) is 0 Å². The van der Waals surface area contributed by atoms with Gasteiger partial charge in [0.2, 0.25) is 0 Å². The molecule has 0 aromatic rings. The highest BCUT2D eigenvalue weighted by molar-refractivity contribution is 5.66. The van der Waals surface area contributed by atoms with Crippen LogP contribution in [0, 0.1) is 17.3 Å². The highest BCUT2D eigenvalue weighted by atomic mass is 16.4. The van der Waals surface area contributed by atoms with E-state index >= 15 is 0 Å². The Morgan fingerprint density at radius 3 is 2.46 bits per heavy atom. The third kappa shape index (κ3) is 2.23. The molecular formula is C11H20O2. The number of hydrogen-bond acceptors (Lipinski definition) is 1. The lowest BCUT2D eigenvalue weighted by Gasteiger charge is -2.31. The van der Waals surface area contributed by atoms with Crippen LogP contribution in [-0.2, 0) is 4.79 Å². The molecule has 1 N–H and O–H groups in total. The molecule has 0 aromatic heterocycles. The molecule has 0 saturated heterocycles. The Hall–Kier alpha value is -0.530. The van der Waals surface area contributed by atoms with E-state index in [9.17, 15) is 4.79 Å². The van der Waals surface area contributed by atoms with Gasteiger partial charge in [0.05, 0.1) is 0 Å². The Labute approximate surface area is 80.3 Å². The highest BCUT2D eigenvalue weighted by Crippen LogP contribution is 2.48. The van der Waals surface area contributed by atoms with Crippen molar-refractivity contribution in [1.29, 1.82) is 0 Å². The number of carboxylic acids is 1. The summed E-state index contributed by atoms with van der Waals surface area (Å²) in [5.41, 5.74) is 0.343. The largest absolute Gasteiger partial charge is 0.481 e. The summed E-state index contributed by atoms with van der Waals surface area (Å²) in [4.78, 5) is 10.4. The monoisotopic (exact) mass is 184 g/mol. The lowest BCUT2D eigenvalue weighted by atomic mass is 9.74. The Bertz CT molecular complexity index is 196. The summed E-state index contributed by atoms with van der Waals surface area (Å²) < 4.78 is 0. The van der Waals surface area contributed by atoms with Crippen LogP contribution in [-0.4, -0.2) is 11.1 Å². The van der Waals surface area contributed by atoms with Gasteiger partial charge in [0.25, 0.3) is 0 Å². The van der Waals surface area contributed by atoms with Crippen molar-refractivity contribution in [2.45, 2.75) is 46.5 Å². The topological polar surface area (TPSA) is 37.3 Å². The molecule has 1 saturated carbocycles. The van der Waals surface area contributed by atoms with E-state index < -0.39 is 5.97 Å². The average Bonchev–Trinajstić information content (AvgIpc) is 2.25. The summed E-state index contributed by atoms with van der Waals surface area (Å²) in [6.07, 6.45) is 3.66. The second-order valence-electron chi connectivity index (χ2n) is 4.93. The van der Waals surface area contributed by atoms with Gasteiger partial charge in [-0.1, -0.05) is 20.8 Å². The molecule has 0 spiro atoms. The maximum atomic E-state index is 10.4. The number of carboxylic acid groups (broad SMARTS) is 1. The van der Waals surface area contributed by atoms with Crippen molar-refractivity contribution < 1.29 is 9.90 Å². The number of aliphatic carboxylic acids is 1. The standard InChI is InChI=1S/C11H20O2/c1-8-4-5-9(11(8,2)3)6-7-10(12)13/h8-9H,4-7H2,1-3H3,(H,12,13). The van der Waals surface area contributed by atoms with Gasteiger partial charge in [0, 0.05) is 6.42 Å². The molecule has 0 aliphatic heterocycles. The first kappa shape index (κ1) is 10.6. The summed E-state index contributed by atoms with van der Waals surface area (Å²) >= 11 is 0. The maximum Gasteiger partial charge on any atom is 0.303 e. The molecule has 1 aliphatic carbocycles. The smallest absolute Gasteiger partial charge is 0.303 e. The second-order valence-corrected chi connectivity index (χ2v) is 4.93. The molecule has 1 aliphatic rings. The molecule has 0 heterocycles. The van der Waals surface area contributed by atoms with Crippen molar-refractivity contribution >= 4 is 5.97 Å². The van der Waals surface area contributed by atoms with Crippen molar-refractivity contribution in [3.05, 3.63) is 0 Å². The van der Waals surface area contributed by atoms with Gasteiger partial charge in [-0.15, -0.1) is 0 Å². The first-order chi connectivity index (χ1) is 5.94. The average molecular weight is 184 g/mol. The minimum atomic E-state index is -0.657. The lowest BCUT2D eigenvalue weighted by Crippen LogP contribution is -2.23. The van der Waals surface area contributed by atoms with Crippen molar-refractivity contribution in [3.8, 4) is 0 Å². The van der Waals surface area contributed by atoms with E-state index in [1.54, 1.807) is 0 Å².